The lowest BCUT2D eigenvalue weighted by Crippen LogP contribution is -2.11. The molecule has 1 aromatic rings. The summed E-state index contributed by atoms with van der Waals surface area (Å²) >= 11 is 6.09. The molecule has 0 aromatic heterocycles. The molecule has 0 saturated heterocycles. The Morgan fingerprint density at radius 3 is 2.44 bits per heavy atom. The van der Waals surface area contributed by atoms with E-state index in [0.717, 1.165) is 5.56 Å². The van der Waals surface area contributed by atoms with Crippen LogP contribution in [0, 0.1) is 5.41 Å². The van der Waals surface area contributed by atoms with Crippen molar-refractivity contribution in [3.63, 3.8) is 0 Å². The molecule has 90 valence electrons. The Morgan fingerprint density at radius 2 is 2.00 bits per heavy atom. The molecule has 0 saturated carbocycles. The summed E-state index contributed by atoms with van der Waals surface area (Å²) in [6, 6.07) is 5.35. The highest BCUT2D eigenvalue weighted by atomic mass is 35.5. The molecule has 0 aliphatic carbocycles. The predicted octanol–water partition coefficient (Wildman–Crippen LogP) is 3.82. The van der Waals surface area contributed by atoms with Crippen LogP contribution in [0.1, 0.15) is 38.9 Å². The SMILES string of the molecule is COc1ccc(C(O)CC(C)(C)C)c(Cl)c1. The topological polar surface area (TPSA) is 29.5 Å². The van der Waals surface area contributed by atoms with E-state index >= 15 is 0 Å². The molecule has 1 atom stereocenters. The van der Waals surface area contributed by atoms with Gasteiger partial charge in [-0.1, -0.05) is 38.4 Å². The van der Waals surface area contributed by atoms with E-state index in [1.165, 1.54) is 0 Å². The van der Waals surface area contributed by atoms with Crippen LogP contribution in [0.2, 0.25) is 5.02 Å². The zero-order chi connectivity index (χ0) is 12.3. The highest BCUT2D eigenvalue weighted by Gasteiger charge is 2.20. The van der Waals surface area contributed by atoms with Gasteiger partial charge >= 0.3 is 0 Å². The standard InChI is InChI=1S/C13H19ClO2/c1-13(2,3)8-12(15)10-6-5-9(16-4)7-11(10)14/h5-7,12,15H,8H2,1-4H3. The summed E-state index contributed by atoms with van der Waals surface area (Å²) in [5, 5.41) is 10.6. The van der Waals surface area contributed by atoms with Crippen LogP contribution < -0.4 is 4.74 Å². The number of benzene rings is 1. The van der Waals surface area contributed by atoms with Crippen LogP contribution in [0.5, 0.6) is 5.75 Å². The maximum absolute atomic E-state index is 10.1. The second-order valence-electron chi connectivity index (χ2n) is 5.17. The van der Waals surface area contributed by atoms with E-state index in [-0.39, 0.29) is 5.41 Å². The second kappa shape index (κ2) is 5.07. The van der Waals surface area contributed by atoms with E-state index in [2.05, 4.69) is 20.8 Å². The second-order valence-corrected chi connectivity index (χ2v) is 5.58. The smallest absolute Gasteiger partial charge is 0.120 e. The first-order chi connectivity index (χ1) is 7.33. The van der Waals surface area contributed by atoms with Crippen LogP contribution in [0.25, 0.3) is 0 Å². The molecule has 0 aliphatic heterocycles. The van der Waals surface area contributed by atoms with E-state index in [0.29, 0.717) is 17.2 Å². The molecule has 0 aliphatic rings. The van der Waals surface area contributed by atoms with Crippen LogP contribution in [-0.2, 0) is 0 Å². The number of hydrogen-bond donors (Lipinski definition) is 1. The number of aliphatic hydroxyl groups excluding tert-OH is 1. The summed E-state index contributed by atoms with van der Waals surface area (Å²) in [5.74, 6) is 0.705. The monoisotopic (exact) mass is 242 g/mol. The Labute approximate surface area is 102 Å². The summed E-state index contributed by atoms with van der Waals surface area (Å²) < 4.78 is 5.06. The average Bonchev–Trinajstić information content (AvgIpc) is 2.14. The largest absolute Gasteiger partial charge is 0.497 e. The first-order valence-corrected chi connectivity index (χ1v) is 5.73. The summed E-state index contributed by atoms with van der Waals surface area (Å²) in [6.07, 6.45) is 0.150. The predicted molar refractivity (Wildman–Crippen MR) is 67.0 cm³/mol. The molecule has 0 radical (unpaired) electrons. The van der Waals surface area contributed by atoms with Gasteiger partial charge in [-0.3, -0.25) is 0 Å². The zero-order valence-corrected chi connectivity index (χ0v) is 11.0. The molecule has 1 aromatic carbocycles. The van der Waals surface area contributed by atoms with Crippen LogP contribution >= 0.6 is 11.6 Å². The van der Waals surface area contributed by atoms with Gasteiger partial charge in [0, 0.05) is 0 Å². The molecule has 16 heavy (non-hydrogen) atoms. The Hall–Kier alpha value is -0.730. The van der Waals surface area contributed by atoms with Gasteiger partial charge in [-0.15, -0.1) is 0 Å². The molecule has 1 N–H and O–H groups in total. The molecule has 0 spiro atoms. The number of methoxy groups -OCH3 is 1. The molecule has 0 bridgehead atoms. The van der Waals surface area contributed by atoms with E-state index in [9.17, 15) is 5.11 Å². The third kappa shape index (κ3) is 3.69. The van der Waals surface area contributed by atoms with Crippen molar-refractivity contribution in [3.05, 3.63) is 28.8 Å². The Kier molecular flexibility index (Phi) is 4.22. The first kappa shape index (κ1) is 13.3. The van der Waals surface area contributed by atoms with Gasteiger partial charge in [-0.05, 0) is 29.5 Å². The number of ether oxygens (including phenoxy) is 1. The Balaban J connectivity index is 2.88. The number of rotatable bonds is 3. The van der Waals surface area contributed by atoms with Crippen LogP contribution in [0.4, 0.5) is 0 Å². The molecule has 0 heterocycles. The average molecular weight is 243 g/mol. The van der Waals surface area contributed by atoms with E-state index in [4.69, 9.17) is 16.3 Å². The van der Waals surface area contributed by atoms with Crippen LogP contribution in [-0.4, -0.2) is 12.2 Å². The third-order valence-corrected chi connectivity index (χ3v) is 2.70. The maximum Gasteiger partial charge on any atom is 0.120 e. The Morgan fingerprint density at radius 1 is 1.38 bits per heavy atom. The van der Waals surface area contributed by atoms with Crippen molar-refractivity contribution < 1.29 is 9.84 Å². The lowest BCUT2D eigenvalue weighted by atomic mass is 9.87. The minimum absolute atomic E-state index is 0.0721. The van der Waals surface area contributed by atoms with Crippen LogP contribution in [0.3, 0.4) is 0 Å². The van der Waals surface area contributed by atoms with Gasteiger partial charge in [-0.2, -0.15) is 0 Å². The number of halogens is 1. The minimum atomic E-state index is -0.529. The molecular weight excluding hydrogens is 224 g/mol. The van der Waals surface area contributed by atoms with Crippen molar-refractivity contribution in [1.29, 1.82) is 0 Å². The van der Waals surface area contributed by atoms with Gasteiger partial charge in [0.15, 0.2) is 0 Å². The quantitative estimate of drug-likeness (QED) is 0.873. The molecule has 1 unspecified atom stereocenters. The van der Waals surface area contributed by atoms with E-state index in [1.807, 2.05) is 12.1 Å². The fraction of sp³-hybridized carbons (Fsp3) is 0.538. The first-order valence-electron chi connectivity index (χ1n) is 5.35. The van der Waals surface area contributed by atoms with Gasteiger partial charge in [-0.25, -0.2) is 0 Å². The highest BCUT2D eigenvalue weighted by molar-refractivity contribution is 6.31. The van der Waals surface area contributed by atoms with Gasteiger partial charge in [0.25, 0.3) is 0 Å². The van der Waals surface area contributed by atoms with Crippen molar-refractivity contribution in [1.82, 2.24) is 0 Å². The summed E-state index contributed by atoms with van der Waals surface area (Å²) in [6.45, 7) is 6.27. The fourth-order valence-corrected chi connectivity index (χ4v) is 1.89. The van der Waals surface area contributed by atoms with Crippen molar-refractivity contribution in [2.75, 3.05) is 7.11 Å². The number of hydrogen-bond acceptors (Lipinski definition) is 2. The van der Waals surface area contributed by atoms with Crippen molar-refractivity contribution in [3.8, 4) is 5.75 Å². The molecule has 0 fully saturated rings. The summed E-state index contributed by atoms with van der Waals surface area (Å²) in [4.78, 5) is 0. The molecule has 2 nitrogen and oxygen atoms in total. The highest BCUT2D eigenvalue weighted by Crippen LogP contribution is 2.34. The molecule has 1 rings (SSSR count). The minimum Gasteiger partial charge on any atom is -0.497 e. The molecular formula is C13H19ClO2. The van der Waals surface area contributed by atoms with E-state index < -0.39 is 6.10 Å². The molecule has 3 heteroatoms. The lowest BCUT2D eigenvalue weighted by Gasteiger charge is -2.23. The zero-order valence-electron chi connectivity index (χ0n) is 10.2. The summed E-state index contributed by atoms with van der Waals surface area (Å²) in [7, 11) is 1.59. The van der Waals surface area contributed by atoms with Gasteiger partial charge in [0.1, 0.15) is 5.75 Å². The Bertz CT molecular complexity index is 355. The summed E-state index contributed by atoms with van der Waals surface area (Å²) in [5.41, 5.74) is 0.834. The lowest BCUT2D eigenvalue weighted by molar-refractivity contribution is 0.122. The fourth-order valence-electron chi connectivity index (χ4n) is 1.60. The normalized spacial score (nSPS) is 13.6. The van der Waals surface area contributed by atoms with Gasteiger partial charge < -0.3 is 9.84 Å². The third-order valence-electron chi connectivity index (χ3n) is 2.37. The van der Waals surface area contributed by atoms with Crippen molar-refractivity contribution in [2.24, 2.45) is 5.41 Å². The molecule has 0 amide bonds. The number of aliphatic hydroxyl groups is 1. The van der Waals surface area contributed by atoms with Crippen LogP contribution in [0.15, 0.2) is 18.2 Å². The van der Waals surface area contributed by atoms with Crippen molar-refractivity contribution >= 4 is 11.6 Å². The van der Waals surface area contributed by atoms with Gasteiger partial charge in [0.2, 0.25) is 0 Å². The van der Waals surface area contributed by atoms with Gasteiger partial charge in [0.05, 0.1) is 18.2 Å². The van der Waals surface area contributed by atoms with Crippen molar-refractivity contribution in [2.45, 2.75) is 33.3 Å². The van der Waals surface area contributed by atoms with E-state index in [1.54, 1.807) is 13.2 Å². The maximum atomic E-state index is 10.1.